The van der Waals surface area contributed by atoms with Gasteiger partial charge in [-0.05, 0) is 42.8 Å². The van der Waals surface area contributed by atoms with E-state index in [9.17, 15) is 18.0 Å². The van der Waals surface area contributed by atoms with Crippen LogP contribution in [0.3, 0.4) is 0 Å². The van der Waals surface area contributed by atoms with Gasteiger partial charge in [-0.25, -0.2) is 10.3 Å². The molecule has 2 aromatic carbocycles. The second-order valence-electron chi connectivity index (χ2n) is 7.91. The molecule has 3 aromatic rings. The van der Waals surface area contributed by atoms with Crippen molar-refractivity contribution in [3.05, 3.63) is 70.4 Å². The zero-order chi connectivity index (χ0) is 24.3. The predicted octanol–water partition coefficient (Wildman–Crippen LogP) is 3.74. The van der Waals surface area contributed by atoms with Crippen LogP contribution < -0.4 is 5.48 Å². The maximum Gasteiger partial charge on any atom is 0.490 e. The number of carbonyl (C=O) groups is 2. The largest absolute Gasteiger partial charge is 0.490 e. The number of hydrogen-bond donors (Lipinski definition) is 3. The number of carbonyl (C=O) groups excluding carboxylic acids is 1. The highest BCUT2D eigenvalue weighted by Crippen LogP contribution is 2.33. The summed E-state index contributed by atoms with van der Waals surface area (Å²) in [6.45, 7) is 5.00. The number of nitrogens with one attached hydrogen (secondary N) is 1. The van der Waals surface area contributed by atoms with E-state index in [0.717, 1.165) is 31.6 Å². The summed E-state index contributed by atoms with van der Waals surface area (Å²) < 4.78 is 34.2. The summed E-state index contributed by atoms with van der Waals surface area (Å²) in [6.07, 6.45) is -4.04. The number of benzene rings is 2. The smallest absolute Gasteiger partial charge is 0.475 e. The molecule has 33 heavy (non-hydrogen) atoms. The monoisotopic (exact) mass is 463 g/mol. The summed E-state index contributed by atoms with van der Waals surface area (Å²) in [4.78, 5) is 22.8. The fourth-order valence-corrected chi connectivity index (χ4v) is 4.01. The van der Waals surface area contributed by atoms with Crippen LogP contribution in [0.2, 0.25) is 0 Å². The second kappa shape index (κ2) is 9.63. The number of alkyl halides is 3. The van der Waals surface area contributed by atoms with Gasteiger partial charge in [-0.2, -0.15) is 13.2 Å². The van der Waals surface area contributed by atoms with Crippen molar-refractivity contribution in [1.82, 2.24) is 14.9 Å². The van der Waals surface area contributed by atoms with Gasteiger partial charge in [0.2, 0.25) is 0 Å². The molecule has 1 aromatic heterocycles. The van der Waals surface area contributed by atoms with Crippen molar-refractivity contribution >= 4 is 22.8 Å². The first-order valence-corrected chi connectivity index (χ1v) is 10.1. The van der Waals surface area contributed by atoms with Crippen LogP contribution in [0.5, 0.6) is 0 Å². The quantitative estimate of drug-likeness (QED) is 0.406. The van der Waals surface area contributed by atoms with Gasteiger partial charge in [0.1, 0.15) is 0 Å². The van der Waals surface area contributed by atoms with Gasteiger partial charge in [0.15, 0.2) is 0 Å². The highest BCUT2D eigenvalue weighted by Gasteiger charge is 2.38. The van der Waals surface area contributed by atoms with E-state index in [-0.39, 0.29) is 0 Å². The average Bonchev–Trinajstić information content (AvgIpc) is 3.07. The first-order chi connectivity index (χ1) is 15.5. The van der Waals surface area contributed by atoms with Crippen molar-refractivity contribution in [2.24, 2.45) is 0 Å². The number of aromatic nitrogens is 1. The number of carboxylic acid groups (broad SMARTS) is 1. The summed E-state index contributed by atoms with van der Waals surface area (Å²) in [5.41, 5.74) is 8.72. The minimum absolute atomic E-state index is 0.452. The summed E-state index contributed by atoms with van der Waals surface area (Å²) >= 11 is 0. The van der Waals surface area contributed by atoms with E-state index in [2.05, 4.69) is 41.6 Å². The third-order valence-corrected chi connectivity index (χ3v) is 5.57. The van der Waals surface area contributed by atoms with E-state index in [4.69, 9.17) is 15.1 Å². The predicted molar refractivity (Wildman–Crippen MR) is 115 cm³/mol. The van der Waals surface area contributed by atoms with E-state index in [1.54, 1.807) is 17.6 Å². The number of hydrogen-bond acceptors (Lipinski definition) is 4. The zero-order valence-electron chi connectivity index (χ0n) is 18.1. The van der Waals surface area contributed by atoms with Gasteiger partial charge in [0.25, 0.3) is 5.91 Å². The molecule has 4 rings (SSSR count). The third-order valence-electron chi connectivity index (χ3n) is 5.57. The lowest BCUT2D eigenvalue weighted by Gasteiger charge is -2.24. The number of rotatable bonds is 3. The minimum atomic E-state index is -5.08. The highest BCUT2D eigenvalue weighted by molar-refractivity contribution is 5.93. The van der Waals surface area contributed by atoms with Crippen LogP contribution in [0.25, 0.3) is 10.9 Å². The number of fused-ring (bicyclic) bond motifs is 3. The fraction of sp³-hybridized carbons (Fsp3) is 0.304. The Hall–Kier alpha value is -3.37. The molecule has 0 saturated heterocycles. The molecule has 0 radical (unpaired) electrons. The maximum atomic E-state index is 11.5. The number of para-hydroxylation sites is 1. The Kier molecular flexibility index (Phi) is 7.09. The Labute approximate surface area is 188 Å². The number of hydroxylamine groups is 1. The molecule has 1 aliphatic heterocycles. The highest BCUT2D eigenvalue weighted by atomic mass is 19.4. The molecule has 0 saturated carbocycles. The van der Waals surface area contributed by atoms with Gasteiger partial charge >= 0.3 is 12.1 Å². The van der Waals surface area contributed by atoms with Crippen LogP contribution in [-0.4, -0.2) is 51.4 Å². The van der Waals surface area contributed by atoms with Crippen molar-refractivity contribution in [2.45, 2.75) is 32.6 Å². The number of halogens is 3. The van der Waals surface area contributed by atoms with Gasteiger partial charge in [-0.3, -0.25) is 10.0 Å². The maximum absolute atomic E-state index is 11.5. The Morgan fingerprint density at radius 2 is 1.76 bits per heavy atom. The number of aryl methyl sites for hydroxylation is 1. The van der Waals surface area contributed by atoms with Crippen molar-refractivity contribution in [3.8, 4) is 0 Å². The summed E-state index contributed by atoms with van der Waals surface area (Å²) in [7, 11) is 2.17. The summed E-state index contributed by atoms with van der Waals surface area (Å²) in [5.74, 6) is -3.24. The van der Waals surface area contributed by atoms with Gasteiger partial charge < -0.3 is 14.6 Å². The van der Waals surface area contributed by atoms with E-state index in [0.29, 0.717) is 5.56 Å². The Balaban J connectivity index is 0.000000383. The second-order valence-corrected chi connectivity index (χ2v) is 7.91. The molecule has 3 N–H and O–H groups in total. The molecule has 0 aliphatic carbocycles. The van der Waals surface area contributed by atoms with Crippen molar-refractivity contribution in [1.29, 1.82) is 0 Å². The third kappa shape index (κ3) is 5.35. The van der Waals surface area contributed by atoms with Crippen molar-refractivity contribution in [2.75, 3.05) is 13.6 Å². The molecule has 176 valence electrons. The molecule has 7 nitrogen and oxygen atoms in total. The lowest BCUT2D eigenvalue weighted by atomic mass is 10.0. The topological polar surface area (TPSA) is 94.8 Å². The Morgan fingerprint density at radius 3 is 2.33 bits per heavy atom. The van der Waals surface area contributed by atoms with Gasteiger partial charge in [-0.15, -0.1) is 0 Å². The number of aliphatic carboxylic acids is 1. The molecule has 1 amide bonds. The van der Waals surface area contributed by atoms with E-state index in [1.165, 1.54) is 27.7 Å². The molecule has 2 heterocycles. The van der Waals surface area contributed by atoms with E-state index >= 15 is 0 Å². The number of amides is 1. The molecule has 0 unspecified atom stereocenters. The Bertz CT molecular complexity index is 1170. The van der Waals surface area contributed by atoms with Crippen LogP contribution >= 0.6 is 0 Å². The minimum Gasteiger partial charge on any atom is -0.475 e. The van der Waals surface area contributed by atoms with Crippen molar-refractivity contribution in [3.63, 3.8) is 0 Å². The first kappa shape index (κ1) is 24.3. The fourth-order valence-electron chi connectivity index (χ4n) is 4.01. The molecule has 1 aliphatic rings. The first-order valence-electron chi connectivity index (χ1n) is 10.1. The molecular weight excluding hydrogens is 439 g/mol. The molecule has 0 fully saturated rings. The summed E-state index contributed by atoms with van der Waals surface area (Å²) in [6, 6.07) is 13.9. The van der Waals surface area contributed by atoms with E-state index in [1.807, 2.05) is 12.1 Å². The number of nitrogens with zero attached hydrogens (tertiary/aromatic N) is 2. The van der Waals surface area contributed by atoms with Crippen LogP contribution in [0.15, 0.2) is 42.5 Å². The molecule has 10 heteroatoms. The standard InChI is InChI=1S/C21H23N3O2.C2HF3O2/c1-14-4-3-5-17-18-13-23(2)11-10-19(18)24(20(14)17)12-15-6-8-16(9-7-15)21(25)22-26;3-2(4,5)1(6)7/h3-9,26H,10-13H2,1-2H3,(H,22,25);(H,6,7). The Morgan fingerprint density at radius 1 is 1.12 bits per heavy atom. The summed E-state index contributed by atoms with van der Waals surface area (Å²) in [5, 5.41) is 17.2. The molecule has 0 spiro atoms. The van der Waals surface area contributed by atoms with Crippen molar-refractivity contribution < 1.29 is 33.1 Å². The lowest BCUT2D eigenvalue weighted by molar-refractivity contribution is -0.192. The number of carboxylic acids is 1. The van der Waals surface area contributed by atoms with Crippen LogP contribution in [0.4, 0.5) is 13.2 Å². The number of likely N-dealkylation sites (N-methyl/N-ethyl adjacent to an activating group) is 1. The SMILES string of the molecule is Cc1cccc2c3c(n(Cc4ccc(C(=O)NO)cc4)c12)CCN(C)C3.O=C(O)C(F)(F)F. The van der Waals surface area contributed by atoms with Gasteiger partial charge in [0.05, 0.1) is 5.52 Å². The van der Waals surface area contributed by atoms with Gasteiger partial charge in [-0.1, -0.05) is 30.3 Å². The van der Waals surface area contributed by atoms with Crippen LogP contribution in [0.1, 0.15) is 32.7 Å². The molecule has 0 bridgehead atoms. The lowest BCUT2D eigenvalue weighted by Crippen LogP contribution is -2.27. The average molecular weight is 463 g/mol. The zero-order valence-corrected chi connectivity index (χ0v) is 18.1. The van der Waals surface area contributed by atoms with Crippen LogP contribution in [-0.2, 0) is 24.3 Å². The molecular formula is C23H24F3N3O4. The van der Waals surface area contributed by atoms with Gasteiger partial charge in [0, 0.05) is 42.7 Å². The van der Waals surface area contributed by atoms with Crippen LogP contribution in [0, 0.1) is 6.92 Å². The normalized spacial score (nSPS) is 13.8. The van der Waals surface area contributed by atoms with E-state index < -0.39 is 18.1 Å². The molecule has 0 atom stereocenters.